The minimum Gasteiger partial charge on any atom is -0.480 e. The third-order valence-corrected chi connectivity index (χ3v) is 2.70. The highest BCUT2D eigenvalue weighted by Crippen LogP contribution is 2.18. The van der Waals surface area contributed by atoms with Gasteiger partial charge in [-0.1, -0.05) is 12.1 Å². The van der Waals surface area contributed by atoms with E-state index in [-0.39, 0.29) is 13.0 Å². The number of anilines is 1. The molecule has 0 unspecified atom stereocenters. The summed E-state index contributed by atoms with van der Waals surface area (Å²) < 4.78 is 0. The minimum absolute atomic E-state index is 0.0885. The second-order valence-electron chi connectivity index (χ2n) is 4.04. The van der Waals surface area contributed by atoms with Gasteiger partial charge in [-0.25, -0.2) is 9.59 Å². The molecule has 7 heteroatoms. The van der Waals surface area contributed by atoms with E-state index in [9.17, 15) is 9.59 Å². The predicted octanol–water partition coefficient (Wildman–Crippen LogP) is 0.540. The average molecular weight is 277 g/mol. The van der Waals surface area contributed by atoms with Crippen molar-refractivity contribution in [1.29, 1.82) is 5.26 Å². The van der Waals surface area contributed by atoms with E-state index in [4.69, 9.17) is 15.5 Å². The quantitative estimate of drug-likeness (QED) is 0.726. The summed E-state index contributed by atoms with van der Waals surface area (Å²) in [6.07, 6.45) is -0.0885. The molecule has 7 nitrogen and oxygen atoms in total. The fourth-order valence-corrected chi connectivity index (χ4v) is 1.60. The SMILES string of the molecule is CN(C(=O)N[C@H](CCO)C(=O)O)c1ccccc1C#N. The van der Waals surface area contributed by atoms with Crippen LogP contribution >= 0.6 is 0 Å². The monoisotopic (exact) mass is 277 g/mol. The molecule has 3 N–H and O–H groups in total. The summed E-state index contributed by atoms with van der Waals surface area (Å²) in [6, 6.07) is 6.59. The Morgan fingerprint density at radius 2 is 2.10 bits per heavy atom. The number of aliphatic hydroxyl groups excluding tert-OH is 1. The lowest BCUT2D eigenvalue weighted by Crippen LogP contribution is -2.47. The standard InChI is InChI=1S/C13H15N3O4/c1-16(11-5-3-2-4-9(11)8-14)13(20)15-10(6-7-17)12(18)19/h2-5,10,17H,6-7H2,1H3,(H,15,20)(H,18,19)/t10-/m1/s1. The van der Waals surface area contributed by atoms with Gasteiger partial charge in [0.1, 0.15) is 12.1 Å². The van der Waals surface area contributed by atoms with Gasteiger partial charge in [0.15, 0.2) is 0 Å². The van der Waals surface area contributed by atoms with Gasteiger partial charge in [-0.3, -0.25) is 4.90 Å². The molecule has 0 spiro atoms. The molecule has 1 aromatic rings. The van der Waals surface area contributed by atoms with Crippen molar-refractivity contribution in [2.45, 2.75) is 12.5 Å². The van der Waals surface area contributed by atoms with E-state index < -0.39 is 18.0 Å². The largest absolute Gasteiger partial charge is 0.480 e. The fraction of sp³-hybridized carbons (Fsp3) is 0.308. The number of nitrogens with one attached hydrogen (secondary N) is 1. The number of hydrogen-bond acceptors (Lipinski definition) is 4. The Labute approximate surface area is 116 Å². The van der Waals surface area contributed by atoms with Crippen molar-refractivity contribution in [3.63, 3.8) is 0 Å². The Morgan fingerprint density at radius 1 is 1.45 bits per heavy atom. The molecule has 20 heavy (non-hydrogen) atoms. The van der Waals surface area contributed by atoms with Crippen molar-refractivity contribution >= 4 is 17.7 Å². The van der Waals surface area contributed by atoms with Gasteiger partial charge in [-0.05, 0) is 12.1 Å². The van der Waals surface area contributed by atoms with Crippen LogP contribution in [0, 0.1) is 11.3 Å². The number of carbonyl (C=O) groups is 2. The summed E-state index contributed by atoms with van der Waals surface area (Å²) in [5, 5.41) is 28.9. The van der Waals surface area contributed by atoms with Crippen LogP contribution in [0.4, 0.5) is 10.5 Å². The van der Waals surface area contributed by atoms with Gasteiger partial charge >= 0.3 is 12.0 Å². The van der Waals surface area contributed by atoms with Gasteiger partial charge in [0.2, 0.25) is 0 Å². The molecule has 0 aliphatic heterocycles. The number of nitriles is 1. The van der Waals surface area contributed by atoms with E-state index in [0.717, 1.165) is 4.90 Å². The molecule has 2 amide bonds. The molecular formula is C13H15N3O4. The first-order chi connectivity index (χ1) is 9.51. The van der Waals surface area contributed by atoms with Crippen molar-refractivity contribution in [2.24, 2.45) is 0 Å². The van der Waals surface area contributed by atoms with Gasteiger partial charge < -0.3 is 15.5 Å². The van der Waals surface area contributed by atoms with Crippen LogP contribution in [0.5, 0.6) is 0 Å². The van der Waals surface area contributed by atoms with Crippen LogP contribution in [0.3, 0.4) is 0 Å². The second kappa shape index (κ2) is 7.11. The number of aliphatic hydroxyl groups is 1. The number of urea groups is 1. The Hall–Kier alpha value is -2.59. The molecule has 0 saturated heterocycles. The summed E-state index contributed by atoms with van der Waals surface area (Å²) in [4.78, 5) is 24.0. The molecular weight excluding hydrogens is 262 g/mol. The lowest BCUT2D eigenvalue weighted by Gasteiger charge is -2.21. The van der Waals surface area contributed by atoms with Crippen molar-refractivity contribution < 1.29 is 19.8 Å². The summed E-state index contributed by atoms with van der Waals surface area (Å²) in [5.41, 5.74) is 0.680. The van der Waals surface area contributed by atoms with Crippen LogP contribution in [-0.2, 0) is 4.79 Å². The number of carbonyl (C=O) groups excluding carboxylic acids is 1. The highest BCUT2D eigenvalue weighted by molar-refractivity contribution is 5.95. The van der Waals surface area contributed by atoms with E-state index in [0.29, 0.717) is 11.3 Å². The van der Waals surface area contributed by atoms with E-state index in [1.165, 1.54) is 7.05 Å². The zero-order chi connectivity index (χ0) is 15.1. The Kier molecular flexibility index (Phi) is 5.50. The van der Waals surface area contributed by atoms with Crippen molar-refractivity contribution in [3.05, 3.63) is 29.8 Å². The topological polar surface area (TPSA) is 114 Å². The minimum atomic E-state index is -1.23. The predicted molar refractivity (Wildman–Crippen MR) is 71.2 cm³/mol. The lowest BCUT2D eigenvalue weighted by atomic mass is 10.2. The lowest BCUT2D eigenvalue weighted by molar-refractivity contribution is -0.139. The van der Waals surface area contributed by atoms with Gasteiger partial charge in [0, 0.05) is 20.1 Å². The maximum atomic E-state index is 12.0. The van der Waals surface area contributed by atoms with Gasteiger partial charge in [-0.2, -0.15) is 5.26 Å². The molecule has 0 fully saturated rings. The van der Waals surface area contributed by atoms with Crippen LogP contribution in [0.25, 0.3) is 0 Å². The molecule has 0 aliphatic rings. The molecule has 1 rings (SSSR count). The molecule has 1 atom stereocenters. The number of carboxylic acids is 1. The number of amides is 2. The van der Waals surface area contributed by atoms with Crippen LogP contribution in [0.1, 0.15) is 12.0 Å². The van der Waals surface area contributed by atoms with Crippen LogP contribution in [0.15, 0.2) is 24.3 Å². The maximum Gasteiger partial charge on any atom is 0.326 e. The number of nitrogens with zero attached hydrogens (tertiary/aromatic N) is 2. The summed E-state index contributed by atoms with van der Waals surface area (Å²) in [5.74, 6) is -1.23. The molecule has 0 bridgehead atoms. The molecule has 0 saturated carbocycles. The van der Waals surface area contributed by atoms with Crippen molar-refractivity contribution in [3.8, 4) is 6.07 Å². The van der Waals surface area contributed by atoms with Crippen molar-refractivity contribution in [2.75, 3.05) is 18.6 Å². The van der Waals surface area contributed by atoms with Gasteiger partial charge in [0.05, 0.1) is 11.3 Å². The number of carboxylic acid groups (broad SMARTS) is 1. The van der Waals surface area contributed by atoms with Crippen LogP contribution < -0.4 is 10.2 Å². The maximum absolute atomic E-state index is 12.0. The number of hydrogen-bond donors (Lipinski definition) is 3. The normalized spacial score (nSPS) is 11.2. The highest BCUT2D eigenvalue weighted by Gasteiger charge is 2.22. The molecule has 0 heterocycles. The number of aliphatic carboxylic acids is 1. The fourth-order valence-electron chi connectivity index (χ4n) is 1.60. The number of para-hydroxylation sites is 1. The Morgan fingerprint density at radius 3 is 2.65 bits per heavy atom. The second-order valence-corrected chi connectivity index (χ2v) is 4.04. The molecule has 0 aromatic heterocycles. The number of benzene rings is 1. The van der Waals surface area contributed by atoms with Crippen LogP contribution in [-0.4, -0.2) is 41.9 Å². The smallest absolute Gasteiger partial charge is 0.326 e. The Bertz CT molecular complexity index is 539. The van der Waals surface area contributed by atoms with Crippen molar-refractivity contribution in [1.82, 2.24) is 5.32 Å². The van der Waals surface area contributed by atoms with E-state index in [2.05, 4.69) is 5.32 Å². The summed E-state index contributed by atoms with van der Waals surface area (Å²) in [7, 11) is 1.43. The van der Waals surface area contributed by atoms with Gasteiger partial charge in [-0.15, -0.1) is 0 Å². The average Bonchev–Trinajstić information content (AvgIpc) is 2.45. The number of rotatable bonds is 5. The highest BCUT2D eigenvalue weighted by atomic mass is 16.4. The molecule has 0 aliphatic carbocycles. The summed E-state index contributed by atoms with van der Waals surface area (Å²) in [6.45, 7) is -0.351. The molecule has 106 valence electrons. The first-order valence-electron chi connectivity index (χ1n) is 5.88. The van der Waals surface area contributed by atoms with E-state index in [1.54, 1.807) is 24.3 Å². The van der Waals surface area contributed by atoms with E-state index >= 15 is 0 Å². The first kappa shape index (κ1) is 15.5. The zero-order valence-electron chi connectivity index (χ0n) is 10.9. The Balaban J connectivity index is 2.86. The third-order valence-electron chi connectivity index (χ3n) is 2.70. The zero-order valence-corrected chi connectivity index (χ0v) is 10.9. The molecule has 0 radical (unpaired) electrons. The summed E-state index contributed by atoms with van der Waals surface area (Å²) >= 11 is 0. The van der Waals surface area contributed by atoms with E-state index in [1.807, 2.05) is 6.07 Å². The van der Waals surface area contributed by atoms with Crippen LogP contribution in [0.2, 0.25) is 0 Å². The first-order valence-corrected chi connectivity index (χ1v) is 5.88. The van der Waals surface area contributed by atoms with Gasteiger partial charge in [0.25, 0.3) is 0 Å². The molecule has 1 aromatic carbocycles. The third kappa shape index (κ3) is 3.70.